The van der Waals surface area contributed by atoms with Crippen LogP contribution in [0.1, 0.15) is 245 Å². The maximum absolute atomic E-state index is 12.5. The van der Waals surface area contributed by atoms with E-state index < -0.39 is 18.2 Å². The summed E-state index contributed by atoms with van der Waals surface area (Å²) in [5.41, 5.74) is 0. The monoisotopic (exact) mass is 812 g/mol. The predicted molar refractivity (Wildman–Crippen MR) is 254 cm³/mol. The van der Waals surface area contributed by atoms with Gasteiger partial charge in [0.25, 0.3) is 0 Å². The Hall–Kier alpha value is -1.95. The first kappa shape index (κ1) is 56.0. The Morgan fingerprint density at radius 2 is 0.793 bits per heavy atom. The lowest BCUT2D eigenvalue weighted by molar-refractivity contribution is -0.124. The van der Waals surface area contributed by atoms with E-state index in [1.54, 1.807) is 6.08 Å². The number of nitrogens with one attached hydrogen (secondary N) is 1. The minimum absolute atomic E-state index is 0.000175. The third-order valence-corrected chi connectivity index (χ3v) is 11.3. The van der Waals surface area contributed by atoms with Crippen LogP contribution in [-0.4, -0.2) is 46.1 Å². The van der Waals surface area contributed by atoms with Gasteiger partial charge in [-0.2, -0.15) is 0 Å². The highest BCUT2D eigenvalue weighted by Gasteiger charge is 2.20. The molecule has 1 amide bonds. The molecular formula is C53H97NO4. The fraction of sp³-hybridized carbons (Fsp3) is 0.792. The van der Waals surface area contributed by atoms with E-state index in [-0.39, 0.29) is 18.9 Å². The van der Waals surface area contributed by atoms with Crippen LogP contribution in [0.3, 0.4) is 0 Å². The average molecular weight is 812 g/mol. The first-order valence-corrected chi connectivity index (χ1v) is 25.1. The van der Waals surface area contributed by atoms with E-state index in [1.165, 1.54) is 173 Å². The van der Waals surface area contributed by atoms with E-state index in [0.29, 0.717) is 6.42 Å². The van der Waals surface area contributed by atoms with E-state index in [0.717, 1.165) is 44.9 Å². The Kier molecular flexibility index (Phi) is 46.1. The van der Waals surface area contributed by atoms with Gasteiger partial charge in [-0.15, -0.1) is 0 Å². The van der Waals surface area contributed by atoms with Gasteiger partial charge in [0.05, 0.1) is 31.3 Å². The molecular weight excluding hydrogens is 715 g/mol. The summed E-state index contributed by atoms with van der Waals surface area (Å²) < 4.78 is 0. The van der Waals surface area contributed by atoms with Crippen molar-refractivity contribution >= 4 is 5.91 Å². The summed E-state index contributed by atoms with van der Waals surface area (Å²) in [6.07, 6.45) is 63.9. The predicted octanol–water partition coefficient (Wildman–Crippen LogP) is 15.0. The fourth-order valence-corrected chi connectivity index (χ4v) is 7.40. The van der Waals surface area contributed by atoms with E-state index >= 15 is 0 Å². The van der Waals surface area contributed by atoms with Crippen LogP contribution in [0.25, 0.3) is 0 Å². The zero-order valence-corrected chi connectivity index (χ0v) is 38.4. The average Bonchev–Trinajstić information content (AvgIpc) is 3.22. The Bertz CT molecular complexity index is 985. The summed E-state index contributed by atoms with van der Waals surface area (Å²) in [5, 5.41) is 33.2. The van der Waals surface area contributed by atoms with Crippen LogP contribution in [0.4, 0.5) is 0 Å². The maximum Gasteiger partial charge on any atom is 0.222 e. The van der Waals surface area contributed by atoms with Gasteiger partial charge in [-0.25, -0.2) is 0 Å². The number of allylic oxidation sites excluding steroid dienone is 9. The van der Waals surface area contributed by atoms with Gasteiger partial charge >= 0.3 is 0 Å². The largest absolute Gasteiger partial charge is 0.394 e. The SMILES string of the molecule is CCCCCC/C=C/CC/C=C/CC/C=C/C(O)C(CO)NC(=O)CC(O)CCCCCCCCCCCCCCC/C=C\C/C=C\CCCCCCCCCCC. The molecule has 58 heavy (non-hydrogen) atoms. The zero-order valence-electron chi connectivity index (χ0n) is 38.4. The summed E-state index contributed by atoms with van der Waals surface area (Å²) in [7, 11) is 0. The smallest absolute Gasteiger partial charge is 0.222 e. The van der Waals surface area contributed by atoms with Crippen molar-refractivity contribution in [3.8, 4) is 0 Å². The normalized spacial score (nSPS) is 13.9. The van der Waals surface area contributed by atoms with E-state index in [2.05, 4.69) is 67.8 Å². The lowest BCUT2D eigenvalue weighted by Crippen LogP contribution is -2.45. The van der Waals surface area contributed by atoms with Gasteiger partial charge in [-0.05, 0) is 77.0 Å². The first-order valence-electron chi connectivity index (χ1n) is 25.1. The Balaban J connectivity index is 3.61. The van der Waals surface area contributed by atoms with Crippen molar-refractivity contribution in [1.82, 2.24) is 5.32 Å². The Labute approximate surface area is 360 Å². The second-order valence-corrected chi connectivity index (χ2v) is 17.0. The van der Waals surface area contributed by atoms with Crippen LogP contribution < -0.4 is 5.32 Å². The summed E-state index contributed by atoms with van der Waals surface area (Å²) in [6, 6.07) is -0.769. The van der Waals surface area contributed by atoms with Crippen molar-refractivity contribution in [3.05, 3.63) is 60.8 Å². The van der Waals surface area contributed by atoms with Crippen LogP contribution in [0, 0.1) is 0 Å². The highest BCUT2D eigenvalue weighted by Crippen LogP contribution is 2.15. The zero-order chi connectivity index (χ0) is 42.3. The summed E-state index contributed by atoms with van der Waals surface area (Å²) in [4.78, 5) is 12.5. The number of amides is 1. The molecule has 0 rings (SSSR count). The molecule has 0 fully saturated rings. The molecule has 338 valence electrons. The van der Waals surface area contributed by atoms with Crippen LogP contribution in [0.2, 0.25) is 0 Å². The molecule has 0 spiro atoms. The maximum atomic E-state index is 12.5. The van der Waals surface area contributed by atoms with Gasteiger partial charge in [-0.1, -0.05) is 222 Å². The number of rotatable bonds is 45. The quantitative estimate of drug-likeness (QED) is 0.0364. The van der Waals surface area contributed by atoms with Crippen molar-refractivity contribution in [2.45, 2.75) is 263 Å². The number of aliphatic hydroxyl groups excluding tert-OH is 3. The van der Waals surface area contributed by atoms with Crippen molar-refractivity contribution in [3.63, 3.8) is 0 Å². The standard InChI is InChI=1S/C53H97NO4/c1-3-5-7-9-11-13-15-17-19-20-21-22-23-24-25-26-27-28-29-30-31-32-33-34-36-38-40-42-44-46-50(56)48-53(58)54-51(49-55)52(57)47-45-43-41-39-37-35-18-16-14-12-10-8-6-4-2/h14,16,21-22,24-25,37,39,45,47,50-52,55-57H,3-13,15,17-20,23,26-36,38,40-44,46,48-49H2,1-2H3,(H,54,58)/b16-14+,22-21-,25-24-,39-37+,47-45+. The van der Waals surface area contributed by atoms with Crippen molar-refractivity contribution in [1.29, 1.82) is 0 Å². The highest BCUT2D eigenvalue weighted by molar-refractivity contribution is 5.76. The van der Waals surface area contributed by atoms with E-state index in [9.17, 15) is 20.1 Å². The second kappa shape index (κ2) is 47.7. The molecule has 5 heteroatoms. The number of hydrogen-bond donors (Lipinski definition) is 4. The fourth-order valence-electron chi connectivity index (χ4n) is 7.40. The molecule has 0 bridgehead atoms. The molecule has 3 atom stereocenters. The van der Waals surface area contributed by atoms with Crippen LogP contribution in [0.15, 0.2) is 60.8 Å². The number of carbonyl (C=O) groups is 1. The molecule has 4 N–H and O–H groups in total. The molecule has 0 saturated heterocycles. The third kappa shape index (κ3) is 43.6. The van der Waals surface area contributed by atoms with Gasteiger partial charge in [0.15, 0.2) is 0 Å². The third-order valence-electron chi connectivity index (χ3n) is 11.3. The minimum atomic E-state index is -0.961. The molecule has 3 unspecified atom stereocenters. The van der Waals surface area contributed by atoms with Crippen LogP contribution in [0.5, 0.6) is 0 Å². The summed E-state index contributed by atoms with van der Waals surface area (Å²) in [6.45, 7) is 4.18. The van der Waals surface area contributed by atoms with Crippen molar-refractivity contribution < 1.29 is 20.1 Å². The molecule has 0 saturated carbocycles. The number of carbonyl (C=O) groups excluding carboxylic acids is 1. The molecule has 0 heterocycles. The van der Waals surface area contributed by atoms with Crippen LogP contribution in [-0.2, 0) is 4.79 Å². The Morgan fingerprint density at radius 3 is 1.22 bits per heavy atom. The first-order chi connectivity index (χ1) is 28.5. The lowest BCUT2D eigenvalue weighted by atomic mass is 10.0. The number of aliphatic hydroxyl groups is 3. The van der Waals surface area contributed by atoms with E-state index in [1.807, 2.05) is 6.08 Å². The van der Waals surface area contributed by atoms with E-state index in [4.69, 9.17) is 0 Å². The molecule has 5 nitrogen and oxygen atoms in total. The molecule has 0 radical (unpaired) electrons. The molecule has 0 aromatic carbocycles. The van der Waals surface area contributed by atoms with Crippen LogP contribution >= 0.6 is 0 Å². The molecule has 0 aliphatic carbocycles. The Morgan fingerprint density at radius 1 is 0.448 bits per heavy atom. The molecule has 0 aromatic heterocycles. The summed E-state index contributed by atoms with van der Waals surface area (Å²) in [5.74, 6) is -0.331. The topological polar surface area (TPSA) is 89.8 Å². The number of hydrogen-bond acceptors (Lipinski definition) is 4. The summed E-state index contributed by atoms with van der Waals surface area (Å²) >= 11 is 0. The van der Waals surface area contributed by atoms with Gasteiger partial charge in [0.2, 0.25) is 5.91 Å². The van der Waals surface area contributed by atoms with Gasteiger partial charge in [0, 0.05) is 0 Å². The molecule has 0 aromatic rings. The second-order valence-electron chi connectivity index (χ2n) is 17.0. The van der Waals surface area contributed by atoms with Gasteiger partial charge in [0.1, 0.15) is 0 Å². The molecule has 0 aliphatic rings. The minimum Gasteiger partial charge on any atom is -0.394 e. The van der Waals surface area contributed by atoms with Crippen molar-refractivity contribution in [2.24, 2.45) is 0 Å². The lowest BCUT2D eigenvalue weighted by Gasteiger charge is -2.21. The van der Waals surface area contributed by atoms with Gasteiger partial charge < -0.3 is 20.6 Å². The van der Waals surface area contributed by atoms with Crippen molar-refractivity contribution in [2.75, 3.05) is 6.61 Å². The van der Waals surface area contributed by atoms with Gasteiger partial charge in [-0.3, -0.25) is 4.79 Å². The highest BCUT2D eigenvalue weighted by atomic mass is 16.3. The molecule has 0 aliphatic heterocycles. The number of unbranched alkanes of at least 4 members (excludes halogenated alkanes) is 28.